The first-order chi connectivity index (χ1) is 13.8. The van der Waals surface area contributed by atoms with E-state index in [9.17, 15) is 4.79 Å². The van der Waals surface area contributed by atoms with Gasteiger partial charge in [-0.25, -0.2) is 4.79 Å². The lowest BCUT2D eigenvalue weighted by atomic mass is 9.87. The molecule has 5 rings (SSSR count). The molecule has 28 heavy (non-hydrogen) atoms. The average Bonchev–Trinajstić information content (AvgIpc) is 3.21. The van der Waals surface area contributed by atoms with E-state index >= 15 is 0 Å². The van der Waals surface area contributed by atoms with Crippen molar-refractivity contribution in [2.75, 3.05) is 38.3 Å². The van der Waals surface area contributed by atoms with Crippen molar-refractivity contribution in [3.63, 3.8) is 0 Å². The smallest absolute Gasteiger partial charge is 0.321 e. The lowest BCUT2D eigenvalue weighted by Gasteiger charge is -2.41. The van der Waals surface area contributed by atoms with Crippen LogP contribution in [0.2, 0.25) is 0 Å². The Labute approximate surface area is 165 Å². The number of nitrogens with one attached hydrogen (secondary N) is 1. The molecular weight excluding hydrogens is 354 g/mol. The van der Waals surface area contributed by atoms with E-state index in [1.807, 2.05) is 23.1 Å². The fraction of sp³-hybridized carbons (Fsp3) is 0.409. The predicted molar refractivity (Wildman–Crippen MR) is 107 cm³/mol. The number of nitrogens with zero attached hydrogens (tertiary/aromatic N) is 2. The Hall–Kier alpha value is -2.73. The molecule has 6 nitrogen and oxygen atoms in total. The Morgan fingerprint density at radius 1 is 0.964 bits per heavy atom. The van der Waals surface area contributed by atoms with Crippen LogP contribution in [0.5, 0.6) is 11.5 Å². The van der Waals surface area contributed by atoms with E-state index in [-0.39, 0.29) is 12.8 Å². The molecule has 1 atom stereocenters. The molecule has 2 heterocycles. The summed E-state index contributed by atoms with van der Waals surface area (Å²) < 4.78 is 10.7. The maximum atomic E-state index is 12.6. The highest BCUT2D eigenvalue weighted by Gasteiger charge is 2.28. The fourth-order valence-corrected chi connectivity index (χ4v) is 4.46. The van der Waals surface area contributed by atoms with Crippen molar-refractivity contribution in [3.8, 4) is 11.5 Å². The van der Waals surface area contributed by atoms with E-state index in [1.54, 1.807) is 0 Å². The molecule has 6 heteroatoms. The molecule has 0 unspecified atom stereocenters. The molecule has 0 aromatic heterocycles. The van der Waals surface area contributed by atoms with Gasteiger partial charge in [0.2, 0.25) is 6.79 Å². The first-order valence-corrected chi connectivity index (χ1v) is 10.0. The van der Waals surface area contributed by atoms with E-state index in [0.717, 1.165) is 50.5 Å². The molecule has 1 N–H and O–H groups in total. The maximum absolute atomic E-state index is 12.6. The number of fused-ring (bicyclic) bond motifs is 2. The van der Waals surface area contributed by atoms with Crippen LogP contribution in [0, 0.1) is 0 Å². The summed E-state index contributed by atoms with van der Waals surface area (Å²) in [4.78, 5) is 17.1. The van der Waals surface area contributed by atoms with Crippen molar-refractivity contribution in [3.05, 3.63) is 53.6 Å². The summed E-state index contributed by atoms with van der Waals surface area (Å²) in [5.74, 6) is 1.40. The second kappa shape index (κ2) is 7.36. The third-order valence-electron chi connectivity index (χ3n) is 6.06. The van der Waals surface area contributed by atoms with Crippen molar-refractivity contribution < 1.29 is 14.3 Å². The van der Waals surface area contributed by atoms with Crippen molar-refractivity contribution in [2.45, 2.75) is 25.3 Å². The van der Waals surface area contributed by atoms with Gasteiger partial charge in [-0.3, -0.25) is 4.90 Å². The number of hydrogen-bond donors (Lipinski definition) is 1. The molecule has 1 saturated heterocycles. The van der Waals surface area contributed by atoms with Crippen LogP contribution >= 0.6 is 0 Å². The van der Waals surface area contributed by atoms with E-state index < -0.39 is 0 Å². The van der Waals surface area contributed by atoms with Crippen LogP contribution in [-0.2, 0) is 12.8 Å². The number of aryl methyl sites for hydroxylation is 1. The third kappa shape index (κ3) is 3.40. The number of piperazine rings is 1. The number of urea groups is 1. The molecule has 0 saturated carbocycles. The molecule has 0 spiro atoms. The summed E-state index contributed by atoms with van der Waals surface area (Å²) in [6.07, 6.45) is 3.49. The number of amides is 2. The summed E-state index contributed by atoms with van der Waals surface area (Å²) in [6, 6.07) is 14.8. The van der Waals surface area contributed by atoms with Gasteiger partial charge in [-0.2, -0.15) is 0 Å². The van der Waals surface area contributed by atoms with Crippen LogP contribution in [0.1, 0.15) is 17.5 Å². The number of carbonyl (C=O) groups is 1. The number of anilines is 1. The minimum absolute atomic E-state index is 0.0486. The highest BCUT2D eigenvalue weighted by molar-refractivity contribution is 5.89. The predicted octanol–water partition coefficient (Wildman–Crippen LogP) is 3.12. The molecule has 2 aromatic carbocycles. The fourth-order valence-electron chi connectivity index (χ4n) is 4.46. The van der Waals surface area contributed by atoms with Crippen LogP contribution in [0.3, 0.4) is 0 Å². The summed E-state index contributed by atoms with van der Waals surface area (Å²) in [5.41, 5.74) is 3.72. The summed E-state index contributed by atoms with van der Waals surface area (Å²) in [5, 5.41) is 2.98. The number of benzene rings is 2. The number of ether oxygens (including phenoxy) is 2. The number of hydrogen-bond acceptors (Lipinski definition) is 4. The molecule has 2 aromatic rings. The summed E-state index contributed by atoms with van der Waals surface area (Å²) in [7, 11) is 0. The summed E-state index contributed by atoms with van der Waals surface area (Å²) in [6.45, 7) is 3.62. The topological polar surface area (TPSA) is 54.0 Å². The Kier molecular flexibility index (Phi) is 4.56. The number of rotatable bonds is 2. The van der Waals surface area contributed by atoms with Gasteiger partial charge in [0.1, 0.15) is 0 Å². The Morgan fingerprint density at radius 3 is 2.61 bits per heavy atom. The minimum Gasteiger partial charge on any atom is -0.454 e. The van der Waals surface area contributed by atoms with Crippen molar-refractivity contribution in [1.82, 2.24) is 9.80 Å². The molecule has 146 valence electrons. The van der Waals surface area contributed by atoms with Crippen LogP contribution < -0.4 is 14.8 Å². The van der Waals surface area contributed by atoms with Crippen molar-refractivity contribution in [2.24, 2.45) is 0 Å². The van der Waals surface area contributed by atoms with Gasteiger partial charge < -0.3 is 19.7 Å². The molecule has 1 aliphatic carbocycles. The summed E-state index contributed by atoms with van der Waals surface area (Å²) >= 11 is 0. The standard InChI is InChI=1S/C22H25N3O3/c26-22(23-18-6-8-20-21(14-18)28-15-27-20)25-11-9-24(10-12-25)19-7-5-16-3-1-2-4-17(16)13-19/h1-4,6,8,14,19H,5,7,9-13,15H2,(H,23,26)/t19-/m1/s1. The maximum Gasteiger partial charge on any atom is 0.321 e. The molecule has 0 radical (unpaired) electrons. The first kappa shape index (κ1) is 17.4. The van der Waals surface area contributed by atoms with E-state index in [0.29, 0.717) is 11.8 Å². The molecule has 1 fully saturated rings. The highest BCUT2D eigenvalue weighted by Crippen LogP contribution is 2.34. The number of carbonyl (C=O) groups excluding carboxylic acids is 1. The average molecular weight is 379 g/mol. The van der Waals surface area contributed by atoms with E-state index in [2.05, 4.69) is 34.5 Å². The molecule has 0 bridgehead atoms. The van der Waals surface area contributed by atoms with Crippen molar-refractivity contribution >= 4 is 11.7 Å². The second-order valence-electron chi connectivity index (χ2n) is 7.69. The SMILES string of the molecule is O=C(Nc1ccc2c(c1)OCO2)N1CCN([C@@H]2CCc3ccccc3C2)CC1. The zero-order valence-electron chi connectivity index (χ0n) is 15.9. The van der Waals surface area contributed by atoms with Gasteiger partial charge in [0.15, 0.2) is 11.5 Å². The normalized spacial score (nSPS) is 21.3. The lowest BCUT2D eigenvalue weighted by Crippen LogP contribution is -2.53. The Bertz CT molecular complexity index is 877. The van der Waals surface area contributed by atoms with Crippen LogP contribution in [0.4, 0.5) is 10.5 Å². The largest absolute Gasteiger partial charge is 0.454 e. The Morgan fingerprint density at radius 2 is 1.75 bits per heavy atom. The monoisotopic (exact) mass is 379 g/mol. The van der Waals surface area contributed by atoms with Gasteiger partial charge >= 0.3 is 6.03 Å². The second-order valence-corrected chi connectivity index (χ2v) is 7.69. The van der Waals surface area contributed by atoms with Gasteiger partial charge in [0, 0.05) is 44.0 Å². The first-order valence-electron chi connectivity index (χ1n) is 10.0. The van der Waals surface area contributed by atoms with Gasteiger partial charge in [-0.15, -0.1) is 0 Å². The van der Waals surface area contributed by atoms with E-state index in [4.69, 9.17) is 9.47 Å². The van der Waals surface area contributed by atoms with E-state index in [1.165, 1.54) is 17.5 Å². The minimum atomic E-state index is -0.0486. The molecule has 3 aliphatic rings. The molecular formula is C22H25N3O3. The zero-order chi connectivity index (χ0) is 18.9. The van der Waals surface area contributed by atoms with Gasteiger partial charge in [-0.05, 0) is 42.5 Å². The third-order valence-corrected chi connectivity index (χ3v) is 6.06. The molecule has 2 amide bonds. The van der Waals surface area contributed by atoms with Crippen molar-refractivity contribution in [1.29, 1.82) is 0 Å². The zero-order valence-corrected chi connectivity index (χ0v) is 15.9. The van der Waals surface area contributed by atoms with Crippen LogP contribution in [0.25, 0.3) is 0 Å². The lowest BCUT2D eigenvalue weighted by molar-refractivity contribution is 0.106. The van der Waals surface area contributed by atoms with Gasteiger partial charge in [-0.1, -0.05) is 24.3 Å². The quantitative estimate of drug-likeness (QED) is 0.871. The highest BCUT2D eigenvalue weighted by atomic mass is 16.7. The Balaban J connectivity index is 1.15. The van der Waals surface area contributed by atoms with Gasteiger partial charge in [0.05, 0.1) is 0 Å². The van der Waals surface area contributed by atoms with Gasteiger partial charge in [0.25, 0.3) is 0 Å². The van der Waals surface area contributed by atoms with Crippen LogP contribution in [-0.4, -0.2) is 54.8 Å². The molecule has 2 aliphatic heterocycles. The van der Waals surface area contributed by atoms with Crippen LogP contribution in [0.15, 0.2) is 42.5 Å².